The minimum Gasteiger partial charge on any atom is -0.389 e. The number of methoxy groups -OCH3 is 1. The minimum atomic E-state index is -0.636. The van der Waals surface area contributed by atoms with E-state index < -0.39 is 6.10 Å². The first kappa shape index (κ1) is 11.4. The number of nitrogens with zero attached hydrogens (tertiary/aromatic N) is 3. The van der Waals surface area contributed by atoms with Gasteiger partial charge in [0, 0.05) is 26.0 Å². The van der Waals surface area contributed by atoms with Crippen LogP contribution in [0.1, 0.15) is 5.69 Å². The number of hydrogen-bond acceptors (Lipinski definition) is 6. The summed E-state index contributed by atoms with van der Waals surface area (Å²) < 4.78 is 4.76. The molecule has 0 radical (unpaired) electrons. The van der Waals surface area contributed by atoms with Crippen molar-refractivity contribution in [3.8, 4) is 6.07 Å². The molecule has 1 rings (SSSR count). The summed E-state index contributed by atoms with van der Waals surface area (Å²) in [6, 6.07) is 1.90. The second kappa shape index (κ2) is 5.90. The molecular formula is C9H12N4O2. The van der Waals surface area contributed by atoms with Crippen LogP contribution in [-0.4, -0.2) is 41.4 Å². The van der Waals surface area contributed by atoms with Gasteiger partial charge in [-0.2, -0.15) is 5.26 Å². The van der Waals surface area contributed by atoms with Gasteiger partial charge >= 0.3 is 0 Å². The summed E-state index contributed by atoms with van der Waals surface area (Å²) in [4.78, 5) is 7.76. The lowest BCUT2D eigenvalue weighted by Gasteiger charge is -2.11. The lowest BCUT2D eigenvalue weighted by Crippen LogP contribution is -2.24. The van der Waals surface area contributed by atoms with Crippen molar-refractivity contribution in [2.75, 3.05) is 25.6 Å². The SMILES string of the molecule is COCC(O)CNc1nccnc1C#N. The van der Waals surface area contributed by atoms with Crippen molar-refractivity contribution >= 4 is 5.82 Å². The highest BCUT2D eigenvalue weighted by Gasteiger charge is 2.06. The first-order valence-corrected chi connectivity index (χ1v) is 4.40. The average Bonchev–Trinajstić information content (AvgIpc) is 2.27. The molecule has 0 bridgehead atoms. The Balaban J connectivity index is 2.54. The molecule has 80 valence electrons. The molecule has 15 heavy (non-hydrogen) atoms. The Morgan fingerprint density at radius 3 is 3.00 bits per heavy atom. The van der Waals surface area contributed by atoms with E-state index in [4.69, 9.17) is 10.00 Å². The number of aliphatic hydroxyl groups is 1. The Labute approximate surface area is 87.5 Å². The summed E-state index contributed by atoms with van der Waals surface area (Å²) in [7, 11) is 1.51. The fraction of sp³-hybridized carbons (Fsp3) is 0.444. The van der Waals surface area contributed by atoms with E-state index >= 15 is 0 Å². The number of aromatic nitrogens is 2. The molecule has 2 N–H and O–H groups in total. The van der Waals surface area contributed by atoms with Crippen LogP contribution in [0.4, 0.5) is 5.82 Å². The highest BCUT2D eigenvalue weighted by molar-refractivity contribution is 5.46. The number of nitrogens with one attached hydrogen (secondary N) is 1. The van der Waals surface area contributed by atoms with E-state index in [9.17, 15) is 5.11 Å². The van der Waals surface area contributed by atoms with Crippen molar-refractivity contribution < 1.29 is 9.84 Å². The van der Waals surface area contributed by atoms with Crippen molar-refractivity contribution in [3.05, 3.63) is 18.1 Å². The molecule has 1 unspecified atom stereocenters. The molecule has 0 aromatic carbocycles. The third kappa shape index (κ3) is 3.50. The van der Waals surface area contributed by atoms with E-state index in [2.05, 4.69) is 15.3 Å². The van der Waals surface area contributed by atoms with Crippen LogP contribution in [0.25, 0.3) is 0 Å². The molecule has 1 aromatic rings. The standard InChI is InChI=1S/C9H12N4O2/c1-15-6-7(14)5-13-9-8(4-10)11-2-3-12-9/h2-3,7,14H,5-6H2,1H3,(H,12,13). The summed E-state index contributed by atoms with van der Waals surface area (Å²) in [5, 5.41) is 20.9. The molecule has 0 spiro atoms. The van der Waals surface area contributed by atoms with Crippen LogP contribution < -0.4 is 5.32 Å². The van der Waals surface area contributed by atoms with Crippen LogP contribution in [0, 0.1) is 11.3 Å². The van der Waals surface area contributed by atoms with E-state index in [1.165, 1.54) is 19.5 Å². The van der Waals surface area contributed by atoms with Gasteiger partial charge < -0.3 is 15.2 Å². The van der Waals surface area contributed by atoms with Crippen LogP contribution in [-0.2, 0) is 4.74 Å². The van der Waals surface area contributed by atoms with Crippen molar-refractivity contribution in [3.63, 3.8) is 0 Å². The van der Waals surface area contributed by atoms with E-state index in [-0.39, 0.29) is 18.8 Å². The third-order valence-corrected chi connectivity index (χ3v) is 1.67. The van der Waals surface area contributed by atoms with Crippen molar-refractivity contribution in [1.29, 1.82) is 5.26 Å². The predicted molar refractivity (Wildman–Crippen MR) is 53.1 cm³/mol. The fourth-order valence-electron chi connectivity index (χ4n) is 1.02. The molecule has 0 amide bonds. The molecule has 0 saturated carbocycles. The normalized spacial score (nSPS) is 11.8. The Bertz CT molecular complexity index is 350. The second-order valence-electron chi connectivity index (χ2n) is 2.86. The molecular weight excluding hydrogens is 196 g/mol. The summed E-state index contributed by atoms with van der Waals surface area (Å²) in [6.45, 7) is 0.496. The third-order valence-electron chi connectivity index (χ3n) is 1.67. The molecule has 1 aromatic heterocycles. The van der Waals surface area contributed by atoms with Gasteiger partial charge in [-0.1, -0.05) is 0 Å². The fourth-order valence-corrected chi connectivity index (χ4v) is 1.02. The van der Waals surface area contributed by atoms with Gasteiger partial charge in [0.1, 0.15) is 6.07 Å². The lowest BCUT2D eigenvalue weighted by atomic mass is 10.3. The quantitative estimate of drug-likeness (QED) is 0.694. The zero-order valence-electron chi connectivity index (χ0n) is 8.34. The van der Waals surface area contributed by atoms with Gasteiger partial charge in [-0.25, -0.2) is 9.97 Å². The van der Waals surface area contributed by atoms with Gasteiger partial charge in [0.05, 0.1) is 12.7 Å². The molecule has 0 saturated heterocycles. The molecule has 6 nitrogen and oxygen atoms in total. The highest BCUT2D eigenvalue weighted by atomic mass is 16.5. The van der Waals surface area contributed by atoms with E-state index in [1.807, 2.05) is 6.07 Å². The number of aliphatic hydroxyl groups excluding tert-OH is 1. The van der Waals surface area contributed by atoms with Crippen LogP contribution in [0.15, 0.2) is 12.4 Å². The smallest absolute Gasteiger partial charge is 0.182 e. The summed E-state index contributed by atoms with van der Waals surface area (Å²) >= 11 is 0. The largest absolute Gasteiger partial charge is 0.389 e. The maximum atomic E-state index is 9.36. The maximum Gasteiger partial charge on any atom is 0.182 e. The minimum absolute atomic E-state index is 0.210. The predicted octanol–water partition coefficient (Wildman–Crippen LogP) is -0.233. The first-order valence-electron chi connectivity index (χ1n) is 4.40. The highest BCUT2D eigenvalue weighted by Crippen LogP contribution is 2.05. The van der Waals surface area contributed by atoms with Gasteiger partial charge in [-0.05, 0) is 0 Å². The Morgan fingerprint density at radius 1 is 1.60 bits per heavy atom. The summed E-state index contributed by atoms with van der Waals surface area (Å²) in [5.74, 6) is 0.371. The number of nitriles is 1. The van der Waals surface area contributed by atoms with E-state index in [0.29, 0.717) is 5.82 Å². The van der Waals surface area contributed by atoms with Gasteiger partial charge in [0.15, 0.2) is 11.5 Å². The number of rotatable bonds is 5. The van der Waals surface area contributed by atoms with Crippen LogP contribution in [0.5, 0.6) is 0 Å². The monoisotopic (exact) mass is 208 g/mol. The van der Waals surface area contributed by atoms with Gasteiger partial charge in [0.25, 0.3) is 0 Å². The molecule has 0 aliphatic carbocycles. The van der Waals surface area contributed by atoms with Crippen molar-refractivity contribution in [2.45, 2.75) is 6.10 Å². The molecule has 1 atom stereocenters. The molecule has 0 fully saturated rings. The molecule has 1 heterocycles. The maximum absolute atomic E-state index is 9.36. The van der Waals surface area contributed by atoms with Gasteiger partial charge in [-0.15, -0.1) is 0 Å². The van der Waals surface area contributed by atoms with Crippen LogP contribution in [0.2, 0.25) is 0 Å². The molecule has 0 aliphatic rings. The first-order chi connectivity index (χ1) is 7.27. The molecule has 0 aliphatic heterocycles. The van der Waals surface area contributed by atoms with Crippen molar-refractivity contribution in [1.82, 2.24) is 9.97 Å². The lowest BCUT2D eigenvalue weighted by molar-refractivity contribution is 0.0727. The number of ether oxygens (including phenoxy) is 1. The van der Waals surface area contributed by atoms with Crippen LogP contribution >= 0.6 is 0 Å². The number of anilines is 1. The molecule has 6 heteroatoms. The topological polar surface area (TPSA) is 91.1 Å². The Kier molecular flexibility index (Phi) is 4.47. The second-order valence-corrected chi connectivity index (χ2v) is 2.86. The zero-order valence-corrected chi connectivity index (χ0v) is 8.34. The number of hydrogen-bond donors (Lipinski definition) is 2. The Hall–Kier alpha value is -1.71. The van der Waals surface area contributed by atoms with Gasteiger partial charge in [0.2, 0.25) is 0 Å². The summed E-state index contributed by atoms with van der Waals surface area (Å²) in [5.41, 5.74) is 0.210. The zero-order chi connectivity index (χ0) is 11.1. The van der Waals surface area contributed by atoms with Crippen LogP contribution in [0.3, 0.4) is 0 Å². The summed E-state index contributed by atoms with van der Waals surface area (Å²) in [6.07, 6.45) is 2.28. The Morgan fingerprint density at radius 2 is 2.33 bits per heavy atom. The van der Waals surface area contributed by atoms with E-state index in [1.54, 1.807) is 0 Å². The van der Waals surface area contributed by atoms with Gasteiger partial charge in [-0.3, -0.25) is 0 Å². The van der Waals surface area contributed by atoms with E-state index in [0.717, 1.165) is 0 Å². The van der Waals surface area contributed by atoms with Crippen molar-refractivity contribution in [2.24, 2.45) is 0 Å². The average molecular weight is 208 g/mol.